The molecule has 1 rings (SSSR count). The highest BCUT2D eigenvalue weighted by molar-refractivity contribution is 5.97. The van der Waals surface area contributed by atoms with Gasteiger partial charge in [0.2, 0.25) is 0 Å². The van der Waals surface area contributed by atoms with E-state index in [2.05, 4.69) is 10.1 Å². The summed E-state index contributed by atoms with van der Waals surface area (Å²) < 4.78 is 17.8. The van der Waals surface area contributed by atoms with Crippen LogP contribution in [0.1, 0.15) is 17.3 Å². The van der Waals surface area contributed by atoms with Crippen LogP contribution >= 0.6 is 0 Å². The smallest absolute Gasteiger partial charge is 0.328 e. The average molecular weight is 240 g/mol. The molecular weight excluding hydrogens is 227 g/mol. The van der Waals surface area contributed by atoms with Gasteiger partial charge < -0.3 is 15.8 Å². The molecule has 3 N–H and O–H groups in total. The van der Waals surface area contributed by atoms with Gasteiger partial charge in [0.15, 0.2) is 0 Å². The van der Waals surface area contributed by atoms with Gasteiger partial charge in [0.1, 0.15) is 11.9 Å². The molecular formula is C11H13FN2O3. The van der Waals surface area contributed by atoms with Crippen LogP contribution in [0.25, 0.3) is 0 Å². The van der Waals surface area contributed by atoms with E-state index in [0.717, 1.165) is 6.07 Å². The van der Waals surface area contributed by atoms with Gasteiger partial charge in [-0.3, -0.25) is 4.79 Å². The maximum Gasteiger partial charge on any atom is 0.328 e. The number of hydrogen-bond donors (Lipinski definition) is 2. The Hall–Kier alpha value is -2.11. The van der Waals surface area contributed by atoms with E-state index >= 15 is 0 Å². The summed E-state index contributed by atoms with van der Waals surface area (Å²) in [4.78, 5) is 22.7. The third-order valence-corrected chi connectivity index (χ3v) is 2.14. The number of nitrogens with one attached hydrogen (secondary N) is 1. The van der Waals surface area contributed by atoms with Gasteiger partial charge in [-0.25, -0.2) is 9.18 Å². The van der Waals surface area contributed by atoms with Crippen LogP contribution in [0.2, 0.25) is 0 Å². The van der Waals surface area contributed by atoms with E-state index in [9.17, 15) is 14.0 Å². The lowest BCUT2D eigenvalue weighted by Gasteiger charge is -2.11. The van der Waals surface area contributed by atoms with E-state index in [0.29, 0.717) is 0 Å². The summed E-state index contributed by atoms with van der Waals surface area (Å²) in [5.74, 6) is -2.03. The van der Waals surface area contributed by atoms with Crippen molar-refractivity contribution in [3.63, 3.8) is 0 Å². The van der Waals surface area contributed by atoms with Crippen LogP contribution in [-0.2, 0) is 9.53 Å². The van der Waals surface area contributed by atoms with Crippen molar-refractivity contribution in [2.45, 2.75) is 13.0 Å². The lowest BCUT2D eigenvalue weighted by Crippen LogP contribution is -2.39. The number of esters is 1. The second-order valence-corrected chi connectivity index (χ2v) is 3.46. The number of benzene rings is 1. The first-order valence-corrected chi connectivity index (χ1v) is 4.89. The normalized spacial score (nSPS) is 11.7. The number of nitrogen functional groups attached to an aromatic ring is 1. The van der Waals surface area contributed by atoms with E-state index in [1.807, 2.05) is 0 Å². The molecule has 1 aromatic rings. The molecule has 0 heterocycles. The zero-order chi connectivity index (χ0) is 13.0. The largest absolute Gasteiger partial charge is 0.467 e. The van der Waals surface area contributed by atoms with Gasteiger partial charge in [0.25, 0.3) is 5.91 Å². The minimum Gasteiger partial charge on any atom is -0.467 e. The Bertz CT molecular complexity index is 448. The van der Waals surface area contributed by atoms with Gasteiger partial charge in [-0.05, 0) is 25.1 Å². The van der Waals surface area contributed by atoms with Crippen molar-refractivity contribution < 1.29 is 18.7 Å². The number of methoxy groups -OCH3 is 1. The summed E-state index contributed by atoms with van der Waals surface area (Å²) >= 11 is 0. The predicted octanol–water partition coefficient (Wildman–Crippen LogP) is 0.699. The van der Waals surface area contributed by atoms with E-state index in [1.54, 1.807) is 0 Å². The SMILES string of the molecule is COC(=O)[C@H](C)NC(=O)c1ccc(N)cc1F. The molecule has 0 unspecified atom stereocenters. The number of amides is 1. The Morgan fingerprint density at radius 1 is 1.47 bits per heavy atom. The lowest BCUT2D eigenvalue weighted by atomic mass is 10.1. The molecule has 92 valence electrons. The molecule has 1 atom stereocenters. The summed E-state index contributed by atoms with van der Waals surface area (Å²) in [6, 6.07) is 2.85. The number of halogens is 1. The molecule has 0 saturated carbocycles. The molecule has 17 heavy (non-hydrogen) atoms. The zero-order valence-electron chi connectivity index (χ0n) is 9.49. The van der Waals surface area contributed by atoms with Gasteiger partial charge in [-0.15, -0.1) is 0 Å². The quantitative estimate of drug-likeness (QED) is 0.602. The van der Waals surface area contributed by atoms with Crippen molar-refractivity contribution in [3.8, 4) is 0 Å². The van der Waals surface area contributed by atoms with Gasteiger partial charge in [-0.2, -0.15) is 0 Å². The van der Waals surface area contributed by atoms with Crippen LogP contribution in [0.3, 0.4) is 0 Å². The minimum absolute atomic E-state index is 0.171. The van der Waals surface area contributed by atoms with Crippen LogP contribution in [0.15, 0.2) is 18.2 Å². The van der Waals surface area contributed by atoms with Gasteiger partial charge in [0.05, 0.1) is 12.7 Å². The van der Waals surface area contributed by atoms with Crippen molar-refractivity contribution >= 4 is 17.6 Å². The fourth-order valence-corrected chi connectivity index (χ4v) is 1.23. The maximum atomic E-state index is 13.4. The number of ether oxygens (including phenoxy) is 1. The average Bonchev–Trinajstić information content (AvgIpc) is 2.27. The van der Waals surface area contributed by atoms with E-state index in [1.165, 1.54) is 26.2 Å². The maximum absolute atomic E-state index is 13.4. The molecule has 5 nitrogen and oxygen atoms in total. The Morgan fingerprint density at radius 3 is 2.65 bits per heavy atom. The topological polar surface area (TPSA) is 81.4 Å². The molecule has 0 fully saturated rings. The Balaban J connectivity index is 2.80. The van der Waals surface area contributed by atoms with Crippen LogP contribution in [-0.4, -0.2) is 25.0 Å². The molecule has 0 aliphatic carbocycles. The third-order valence-electron chi connectivity index (χ3n) is 2.14. The second-order valence-electron chi connectivity index (χ2n) is 3.46. The van der Waals surface area contributed by atoms with Crippen molar-refractivity contribution in [2.24, 2.45) is 0 Å². The number of rotatable bonds is 3. The molecule has 0 aromatic heterocycles. The van der Waals surface area contributed by atoms with Crippen LogP contribution < -0.4 is 11.1 Å². The monoisotopic (exact) mass is 240 g/mol. The summed E-state index contributed by atoms with van der Waals surface area (Å²) in [6.45, 7) is 1.44. The standard InChI is InChI=1S/C11H13FN2O3/c1-6(11(16)17-2)14-10(15)8-4-3-7(13)5-9(8)12/h3-6H,13H2,1-2H3,(H,14,15)/t6-/m0/s1. The number of carbonyl (C=O) groups excluding carboxylic acids is 2. The molecule has 0 bridgehead atoms. The first-order valence-electron chi connectivity index (χ1n) is 4.89. The highest BCUT2D eigenvalue weighted by Gasteiger charge is 2.18. The first kappa shape index (κ1) is 13.0. The highest BCUT2D eigenvalue weighted by Crippen LogP contribution is 2.11. The van der Waals surface area contributed by atoms with Crippen molar-refractivity contribution in [2.75, 3.05) is 12.8 Å². The summed E-state index contributed by atoms with van der Waals surface area (Å²) in [5, 5.41) is 2.31. The number of carbonyl (C=O) groups is 2. The summed E-state index contributed by atoms with van der Waals surface area (Å²) in [7, 11) is 1.20. The third kappa shape index (κ3) is 3.17. The molecule has 0 aliphatic rings. The van der Waals surface area contributed by atoms with Crippen molar-refractivity contribution in [1.82, 2.24) is 5.32 Å². The highest BCUT2D eigenvalue weighted by atomic mass is 19.1. The Morgan fingerprint density at radius 2 is 2.12 bits per heavy atom. The number of nitrogens with two attached hydrogens (primary N) is 1. The number of hydrogen-bond acceptors (Lipinski definition) is 4. The van der Waals surface area contributed by atoms with E-state index < -0.39 is 23.7 Å². The molecule has 1 amide bonds. The summed E-state index contributed by atoms with van der Waals surface area (Å²) in [5.41, 5.74) is 5.40. The fraction of sp³-hybridized carbons (Fsp3) is 0.273. The van der Waals surface area contributed by atoms with Crippen LogP contribution in [0.4, 0.5) is 10.1 Å². The van der Waals surface area contributed by atoms with Gasteiger partial charge >= 0.3 is 5.97 Å². The minimum atomic E-state index is -0.843. The Labute approximate surface area is 97.7 Å². The molecule has 0 radical (unpaired) electrons. The predicted molar refractivity (Wildman–Crippen MR) is 59.8 cm³/mol. The summed E-state index contributed by atoms with van der Waals surface area (Å²) in [6.07, 6.45) is 0. The molecule has 0 saturated heterocycles. The lowest BCUT2D eigenvalue weighted by molar-refractivity contribution is -0.142. The van der Waals surface area contributed by atoms with Crippen LogP contribution in [0.5, 0.6) is 0 Å². The number of anilines is 1. The van der Waals surface area contributed by atoms with Gasteiger partial charge in [-0.1, -0.05) is 0 Å². The molecule has 6 heteroatoms. The zero-order valence-corrected chi connectivity index (χ0v) is 9.49. The van der Waals surface area contributed by atoms with Gasteiger partial charge in [0, 0.05) is 5.69 Å². The van der Waals surface area contributed by atoms with E-state index in [-0.39, 0.29) is 11.3 Å². The van der Waals surface area contributed by atoms with Crippen molar-refractivity contribution in [3.05, 3.63) is 29.6 Å². The van der Waals surface area contributed by atoms with Crippen molar-refractivity contribution in [1.29, 1.82) is 0 Å². The second kappa shape index (κ2) is 5.29. The first-order chi connectivity index (χ1) is 7.95. The van der Waals surface area contributed by atoms with Crippen LogP contribution in [0, 0.1) is 5.82 Å². The molecule has 0 spiro atoms. The fourth-order valence-electron chi connectivity index (χ4n) is 1.23. The Kier molecular flexibility index (Phi) is 4.03. The molecule has 0 aliphatic heterocycles. The van der Waals surface area contributed by atoms with E-state index in [4.69, 9.17) is 5.73 Å². The molecule has 1 aromatic carbocycles.